The molecule has 2 unspecified atom stereocenters. The number of nitrogens with zero attached hydrogens (tertiary/aromatic N) is 1. The second-order valence-electron chi connectivity index (χ2n) is 10.4. The first-order chi connectivity index (χ1) is 15.7. The van der Waals surface area contributed by atoms with E-state index in [-0.39, 0.29) is 36.5 Å². The predicted molar refractivity (Wildman–Crippen MR) is 130 cm³/mol. The van der Waals surface area contributed by atoms with Crippen LogP contribution in [0.15, 0.2) is 60.7 Å². The molecule has 3 aliphatic heterocycles. The minimum atomic E-state index is -0.375. The highest BCUT2D eigenvalue weighted by Crippen LogP contribution is 2.40. The molecule has 33 heavy (non-hydrogen) atoms. The van der Waals surface area contributed by atoms with E-state index in [4.69, 9.17) is 14.0 Å². The van der Waals surface area contributed by atoms with Crippen molar-refractivity contribution in [1.29, 1.82) is 0 Å². The Hall–Kier alpha value is -2.57. The first kappa shape index (κ1) is 22.2. The number of hydrogen-bond donors (Lipinski definition) is 0. The maximum atomic E-state index is 12.9. The van der Waals surface area contributed by atoms with Crippen molar-refractivity contribution in [1.82, 2.24) is 4.90 Å². The van der Waals surface area contributed by atoms with Gasteiger partial charge in [-0.2, -0.15) is 0 Å². The summed E-state index contributed by atoms with van der Waals surface area (Å²) in [4.78, 5) is 14.8. The molecule has 5 nitrogen and oxygen atoms in total. The Kier molecular flexibility index (Phi) is 5.62. The summed E-state index contributed by atoms with van der Waals surface area (Å²) >= 11 is 0. The lowest BCUT2D eigenvalue weighted by atomic mass is 9.77. The van der Waals surface area contributed by atoms with Gasteiger partial charge in [0.1, 0.15) is 6.61 Å². The Balaban J connectivity index is 1.30. The summed E-state index contributed by atoms with van der Waals surface area (Å²) < 4.78 is 18.1. The lowest BCUT2D eigenvalue weighted by molar-refractivity contribution is 0.00578. The van der Waals surface area contributed by atoms with E-state index in [9.17, 15) is 4.79 Å². The molecule has 3 aliphatic rings. The number of hydrogen-bond acceptors (Lipinski definition) is 4. The average molecular weight is 445 g/mol. The fraction of sp³-hybridized carbons (Fsp3) is 0.444. The lowest BCUT2D eigenvalue weighted by Crippen LogP contribution is -2.43. The summed E-state index contributed by atoms with van der Waals surface area (Å²) in [6, 6.07) is 18.6. The summed E-state index contributed by atoms with van der Waals surface area (Å²) in [6.45, 7) is 8.60. The van der Waals surface area contributed by atoms with Gasteiger partial charge in [0.25, 0.3) is 0 Å². The number of amides is 1. The predicted octanol–water partition coefficient (Wildman–Crippen LogP) is 4.94. The van der Waals surface area contributed by atoms with E-state index < -0.39 is 0 Å². The van der Waals surface area contributed by atoms with E-state index in [2.05, 4.69) is 58.0 Å². The van der Waals surface area contributed by atoms with Crippen LogP contribution in [0.25, 0.3) is 5.57 Å². The van der Waals surface area contributed by atoms with E-state index in [1.54, 1.807) is 0 Å². The van der Waals surface area contributed by atoms with Gasteiger partial charge in [-0.05, 0) is 69.1 Å². The second kappa shape index (κ2) is 8.34. The third-order valence-corrected chi connectivity index (χ3v) is 7.59. The summed E-state index contributed by atoms with van der Waals surface area (Å²) in [5.74, 6) is 0. The van der Waals surface area contributed by atoms with Crippen molar-refractivity contribution in [2.45, 2.75) is 76.9 Å². The Morgan fingerprint density at radius 2 is 1.76 bits per heavy atom. The molecule has 2 aromatic carbocycles. The molecule has 0 radical (unpaired) electrons. The maximum Gasteiger partial charge on any atom is 0.494 e. The van der Waals surface area contributed by atoms with Gasteiger partial charge in [0.05, 0.1) is 17.2 Å². The van der Waals surface area contributed by atoms with Crippen molar-refractivity contribution < 1.29 is 18.8 Å². The Bertz CT molecular complexity index is 1050. The van der Waals surface area contributed by atoms with Gasteiger partial charge in [-0.3, -0.25) is 4.90 Å². The van der Waals surface area contributed by atoms with Crippen LogP contribution in [0.5, 0.6) is 0 Å². The molecule has 1 amide bonds. The average Bonchev–Trinajstić information content (AvgIpc) is 3.19. The molecule has 3 heterocycles. The molecular formula is C27H32BNO4. The summed E-state index contributed by atoms with van der Waals surface area (Å²) in [5, 5.41) is 0. The van der Waals surface area contributed by atoms with Crippen LogP contribution >= 0.6 is 0 Å². The normalized spacial score (nSPS) is 25.2. The molecule has 0 aliphatic carbocycles. The van der Waals surface area contributed by atoms with Gasteiger partial charge in [-0.15, -0.1) is 0 Å². The Morgan fingerprint density at radius 1 is 1.03 bits per heavy atom. The molecule has 2 fully saturated rings. The molecule has 2 atom stereocenters. The molecule has 2 bridgehead atoms. The third kappa shape index (κ3) is 4.22. The fourth-order valence-corrected chi connectivity index (χ4v) is 4.99. The van der Waals surface area contributed by atoms with E-state index in [0.717, 1.165) is 30.3 Å². The molecule has 2 aromatic rings. The van der Waals surface area contributed by atoms with Crippen molar-refractivity contribution in [3.05, 3.63) is 71.8 Å². The number of carbonyl (C=O) groups excluding carboxylic acids is 1. The van der Waals surface area contributed by atoms with Crippen molar-refractivity contribution in [3.8, 4) is 0 Å². The van der Waals surface area contributed by atoms with Crippen LogP contribution in [-0.2, 0) is 20.7 Å². The topological polar surface area (TPSA) is 48.0 Å². The van der Waals surface area contributed by atoms with Crippen LogP contribution in [0, 0.1) is 0 Å². The van der Waals surface area contributed by atoms with Crippen LogP contribution in [-0.4, -0.2) is 41.4 Å². The smallest absolute Gasteiger partial charge is 0.445 e. The zero-order valence-corrected chi connectivity index (χ0v) is 19.9. The van der Waals surface area contributed by atoms with Gasteiger partial charge >= 0.3 is 13.2 Å². The monoisotopic (exact) mass is 445 g/mol. The summed E-state index contributed by atoms with van der Waals surface area (Å²) in [5.41, 5.74) is 3.77. The first-order valence-electron chi connectivity index (χ1n) is 11.9. The largest absolute Gasteiger partial charge is 0.494 e. The second-order valence-corrected chi connectivity index (χ2v) is 10.4. The van der Waals surface area contributed by atoms with E-state index in [0.29, 0.717) is 6.61 Å². The van der Waals surface area contributed by atoms with Crippen LogP contribution in [0.4, 0.5) is 4.79 Å². The van der Waals surface area contributed by atoms with E-state index in [1.807, 2.05) is 35.2 Å². The van der Waals surface area contributed by atoms with E-state index in [1.165, 1.54) is 11.1 Å². The zero-order chi connectivity index (χ0) is 23.2. The minimum absolute atomic E-state index is 0.0857. The number of ether oxygens (including phenoxy) is 1. The van der Waals surface area contributed by atoms with Crippen LogP contribution in [0.3, 0.4) is 0 Å². The molecule has 5 rings (SSSR count). The van der Waals surface area contributed by atoms with Crippen molar-refractivity contribution >= 4 is 24.2 Å². The number of benzene rings is 2. The standard InChI is InChI=1S/C27H32BNO4/c1-26(2)27(3,4)33-28(32-26)22-12-8-11-20(15-22)21-16-23-13-14-24(17-21)29(23)25(30)31-18-19-9-6-5-7-10-19/h5-12,15-16,23-24H,13-14,17-18H2,1-4H3. The molecule has 0 N–H and O–H groups in total. The van der Waals surface area contributed by atoms with Gasteiger partial charge in [0.15, 0.2) is 0 Å². The molecule has 0 saturated carbocycles. The molecule has 6 heteroatoms. The highest BCUT2D eigenvalue weighted by molar-refractivity contribution is 6.62. The molecule has 0 aromatic heterocycles. The van der Waals surface area contributed by atoms with Gasteiger partial charge in [0.2, 0.25) is 0 Å². The first-order valence-corrected chi connectivity index (χ1v) is 11.9. The summed E-state index contributed by atoms with van der Waals surface area (Å²) in [7, 11) is -0.375. The number of carbonyl (C=O) groups is 1. The van der Waals surface area contributed by atoms with Gasteiger partial charge in [0, 0.05) is 6.04 Å². The van der Waals surface area contributed by atoms with Crippen molar-refractivity contribution in [2.24, 2.45) is 0 Å². The van der Waals surface area contributed by atoms with Crippen molar-refractivity contribution in [3.63, 3.8) is 0 Å². The molecular weight excluding hydrogens is 413 g/mol. The molecule has 2 saturated heterocycles. The Labute approximate surface area is 196 Å². The summed E-state index contributed by atoms with van der Waals surface area (Å²) in [6.07, 6.45) is 4.85. The van der Waals surface area contributed by atoms with E-state index >= 15 is 0 Å². The molecule has 172 valence electrons. The van der Waals surface area contributed by atoms with Crippen LogP contribution in [0.2, 0.25) is 0 Å². The zero-order valence-electron chi connectivity index (χ0n) is 19.9. The maximum absolute atomic E-state index is 12.9. The van der Waals surface area contributed by atoms with Crippen molar-refractivity contribution in [2.75, 3.05) is 0 Å². The number of rotatable bonds is 4. The quantitative estimate of drug-likeness (QED) is 0.626. The molecule has 0 spiro atoms. The SMILES string of the molecule is CC1(C)OB(c2cccc(C3=CC4CCC(C3)N4C(=O)OCc3ccccc3)c2)OC1(C)C. The van der Waals surface area contributed by atoms with Gasteiger partial charge < -0.3 is 14.0 Å². The van der Waals surface area contributed by atoms with Gasteiger partial charge in [-0.1, -0.05) is 60.7 Å². The fourth-order valence-electron chi connectivity index (χ4n) is 4.99. The minimum Gasteiger partial charge on any atom is -0.445 e. The highest BCUT2D eigenvalue weighted by Gasteiger charge is 2.51. The van der Waals surface area contributed by atoms with Crippen LogP contribution < -0.4 is 5.46 Å². The lowest BCUT2D eigenvalue weighted by Gasteiger charge is -2.33. The third-order valence-electron chi connectivity index (χ3n) is 7.59. The van der Waals surface area contributed by atoms with Gasteiger partial charge in [-0.25, -0.2) is 4.79 Å². The highest BCUT2D eigenvalue weighted by atomic mass is 16.7. The Morgan fingerprint density at radius 3 is 2.45 bits per heavy atom. The van der Waals surface area contributed by atoms with Crippen LogP contribution in [0.1, 0.15) is 58.1 Å². The number of fused-ring (bicyclic) bond motifs is 2.